The zero-order valence-corrected chi connectivity index (χ0v) is 16.7. The summed E-state index contributed by atoms with van der Waals surface area (Å²) in [5, 5.41) is 4.94. The van der Waals surface area contributed by atoms with Crippen molar-refractivity contribution in [1.82, 2.24) is 5.32 Å². The van der Waals surface area contributed by atoms with Gasteiger partial charge in [0, 0.05) is 24.5 Å². The standard InChI is InChI=1S/C22H19ClFN3O3/c23-16-12-15(7-8-17(16)24)26-22(29)21(28)25-13-19(20-6-3-11-30-20)27-10-9-14-4-1-2-5-18(14)27/h1-8,11-12,19H,9-10,13H2,(H,25,28)(H,26,29)/t19-/m1/s1. The minimum Gasteiger partial charge on any atom is -0.467 e. The minimum absolute atomic E-state index is 0.140. The molecule has 1 aromatic heterocycles. The number of halogens is 2. The molecular weight excluding hydrogens is 409 g/mol. The summed E-state index contributed by atoms with van der Waals surface area (Å²) in [6.45, 7) is 0.957. The van der Waals surface area contributed by atoms with Crippen LogP contribution < -0.4 is 15.5 Å². The van der Waals surface area contributed by atoms with E-state index in [0.717, 1.165) is 24.7 Å². The van der Waals surface area contributed by atoms with E-state index >= 15 is 0 Å². The van der Waals surface area contributed by atoms with Gasteiger partial charge in [-0.25, -0.2) is 4.39 Å². The molecule has 30 heavy (non-hydrogen) atoms. The van der Waals surface area contributed by atoms with Gasteiger partial charge in [-0.1, -0.05) is 29.8 Å². The average molecular weight is 428 g/mol. The lowest BCUT2D eigenvalue weighted by atomic mass is 10.1. The molecule has 4 rings (SSSR count). The highest BCUT2D eigenvalue weighted by molar-refractivity contribution is 6.39. The van der Waals surface area contributed by atoms with Crippen molar-refractivity contribution in [2.24, 2.45) is 0 Å². The normalized spacial score (nSPS) is 13.6. The summed E-state index contributed by atoms with van der Waals surface area (Å²) in [5.41, 5.74) is 2.54. The fourth-order valence-corrected chi connectivity index (χ4v) is 3.74. The van der Waals surface area contributed by atoms with Crippen molar-refractivity contribution in [3.8, 4) is 0 Å². The minimum atomic E-state index is -0.863. The maximum Gasteiger partial charge on any atom is 0.313 e. The van der Waals surface area contributed by atoms with Crippen LogP contribution in [0.1, 0.15) is 17.4 Å². The number of anilines is 2. The van der Waals surface area contributed by atoms with Gasteiger partial charge in [0.2, 0.25) is 0 Å². The summed E-state index contributed by atoms with van der Waals surface area (Å²) in [7, 11) is 0. The summed E-state index contributed by atoms with van der Waals surface area (Å²) < 4.78 is 18.8. The number of hydrogen-bond donors (Lipinski definition) is 2. The summed E-state index contributed by atoms with van der Waals surface area (Å²) in [6.07, 6.45) is 2.48. The molecule has 0 unspecified atom stereocenters. The number of amides is 2. The van der Waals surface area contributed by atoms with Crippen LogP contribution in [0, 0.1) is 5.82 Å². The van der Waals surface area contributed by atoms with Crippen molar-refractivity contribution in [2.45, 2.75) is 12.5 Å². The number of rotatable bonds is 5. The van der Waals surface area contributed by atoms with E-state index in [2.05, 4.69) is 21.6 Å². The number of furan rings is 1. The molecule has 0 aliphatic carbocycles. The van der Waals surface area contributed by atoms with E-state index in [1.165, 1.54) is 17.7 Å². The number of fused-ring (bicyclic) bond motifs is 1. The third kappa shape index (κ3) is 4.16. The fourth-order valence-electron chi connectivity index (χ4n) is 3.56. The summed E-state index contributed by atoms with van der Waals surface area (Å²) in [6, 6.07) is 15.1. The summed E-state index contributed by atoms with van der Waals surface area (Å²) in [5.74, 6) is -1.58. The molecule has 0 radical (unpaired) electrons. The number of benzene rings is 2. The Morgan fingerprint density at radius 2 is 1.97 bits per heavy atom. The Bertz CT molecular complexity index is 1070. The zero-order chi connectivity index (χ0) is 21.1. The highest BCUT2D eigenvalue weighted by atomic mass is 35.5. The Morgan fingerprint density at radius 1 is 1.13 bits per heavy atom. The Morgan fingerprint density at radius 3 is 2.73 bits per heavy atom. The number of para-hydroxylation sites is 1. The van der Waals surface area contributed by atoms with Gasteiger partial charge in [-0.3, -0.25) is 9.59 Å². The predicted molar refractivity (Wildman–Crippen MR) is 112 cm³/mol. The third-order valence-electron chi connectivity index (χ3n) is 5.01. The number of nitrogens with one attached hydrogen (secondary N) is 2. The molecule has 8 heteroatoms. The van der Waals surface area contributed by atoms with Crippen LogP contribution in [-0.2, 0) is 16.0 Å². The lowest BCUT2D eigenvalue weighted by Gasteiger charge is -2.29. The van der Waals surface area contributed by atoms with Gasteiger partial charge in [-0.05, 0) is 48.4 Å². The van der Waals surface area contributed by atoms with Gasteiger partial charge in [0.25, 0.3) is 0 Å². The quantitative estimate of drug-likeness (QED) is 0.605. The van der Waals surface area contributed by atoms with Gasteiger partial charge in [-0.15, -0.1) is 0 Å². The van der Waals surface area contributed by atoms with E-state index in [4.69, 9.17) is 16.0 Å². The molecule has 154 valence electrons. The lowest BCUT2D eigenvalue weighted by molar-refractivity contribution is -0.136. The second-order valence-corrected chi connectivity index (χ2v) is 7.30. The van der Waals surface area contributed by atoms with Gasteiger partial charge in [-0.2, -0.15) is 0 Å². The molecule has 0 spiro atoms. The predicted octanol–water partition coefficient (Wildman–Crippen LogP) is 3.93. The van der Waals surface area contributed by atoms with Gasteiger partial charge in [0.15, 0.2) is 0 Å². The Labute approximate surface area is 177 Å². The van der Waals surface area contributed by atoms with Crippen molar-refractivity contribution < 1.29 is 18.4 Å². The van der Waals surface area contributed by atoms with E-state index in [9.17, 15) is 14.0 Å². The molecule has 2 N–H and O–H groups in total. The second-order valence-electron chi connectivity index (χ2n) is 6.90. The molecule has 0 saturated carbocycles. The largest absolute Gasteiger partial charge is 0.467 e. The number of carbonyl (C=O) groups excluding carboxylic acids is 2. The van der Waals surface area contributed by atoms with E-state index in [1.54, 1.807) is 12.3 Å². The molecule has 0 bridgehead atoms. The van der Waals surface area contributed by atoms with Crippen LogP contribution in [0.5, 0.6) is 0 Å². The van der Waals surface area contributed by atoms with E-state index in [1.807, 2.05) is 24.3 Å². The molecule has 2 heterocycles. The van der Waals surface area contributed by atoms with Crippen LogP contribution in [0.4, 0.5) is 15.8 Å². The van der Waals surface area contributed by atoms with E-state index < -0.39 is 17.6 Å². The first-order valence-electron chi connectivity index (χ1n) is 9.45. The summed E-state index contributed by atoms with van der Waals surface area (Å²) in [4.78, 5) is 26.7. The monoisotopic (exact) mass is 427 g/mol. The molecule has 0 fully saturated rings. The number of hydrogen-bond acceptors (Lipinski definition) is 4. The van der Waals surface area contributed by atoms with E-state index in [0.29, 0.717) is 5.76 Å². The number of nitrogens with zero attached hydrogens (tertiary/aromatic N) is 1. The Hall–Kier alpha value is -3.32. The first-order valence-corrected chi connectivity index (χ1v) is 9.83. The fraction of sp³-hybridized carbons (Fsp3) is 0.182. The Kier molecular flexibility index (Phi) is 5.72. The number of carbonyl (C=O) groups is 2. The van der Waals surface area contributed by atoms with Gasteiger partial charge in [0.05, 0.1) is 11.3 Å². The molecule has 2 amide bonds. The van der Waals surface area contributed by atoms with Crippen molar-refractivity contribution >= 4 is 34.8 Å². The molecule has 0 saturated heterocycles. The molecule has 3 aromatic rings. The molecule has 6 nitrogen and oxygen atoms in total. The molecule has 1 atom stereocenters. The van der Waals surface area contributed by atoms with Crippen molar-refractivity contribution in [1.29, 1.82) is 0 Å². The summed E-state index contributed by atoms with van der Waals surface area (Å²) >= 11 is 5.71. The maximum absolute atomic E-state index is 13.3. The smallest absolute Gasteiger partial charge is 0.313 e. The maximum atomic E-state index is 13.3. The second kappa shape index (κ2) is 8.59. The lowest BCUT2D eigenvalue weighted by Crippen LogP contribution is -2.41. The van der Waals surface area contributed by atoms with Crippen LogP contribution >= 0.6 is 11.6 Å². The molecule has 1 aliphatic heterocycles. The molecule has 2 aromatic carbocycles. The van der Waals surface area contributed by atoms with Crippen molar-refractivity contribution in [3.05, 3.63) is 83.0 Å². The average Bonchev–Trinajstić information content (AvgIpc) is 3.42. The first-order chi connectivity index (χ1) is 14.5. The third-order valence-corrected chi connectivity index (χ3v) is 5.30. The van der Waals surface area contributed by atoms with Crippen LogP contribution in [0.3, 0.4) is 0 Å². The molecule has 1 aliphatic rings. The van der Waals surface area contributed by atoms with Gasteiger partial charge >= 0.3 is 11.8 Å². The topological polar surface area (TPSA) is 74.6 Å². The SMILES string of the molecule is O=C(NC[C@H](c1ccco1)N1CCc2ccccc21)C(=O)Nc1ccc(F)c(Cl)c1. The van der Waals surface area contributed by atoms with Crippen LogP contribution in [0.25, 0.3) is 0 Å². The highest BCUT2D eigenvalue weighted by Crippen LogP contribution is 2.34. The van der Waals surface area contributed by atoms with Crippen LogP contribution in [-0.4, -0.2) is 24.9 Å². The van der Waals surface area contributed by atoms with Crippen LogP contribution in [0.2, 0.25) is 5.02 Å². The van der Waals surface area contributed by atoms with Crippen molar-refractivity contribution in [3.63, 3.8) is 0 Å². The molecular formula is C22H19ClFN3O3. The Balaban J connectivity index is 1.44. The van der Waals surface area contributed by atoms with Gasteiger partial charge < -0.3 is 20.0 Å². The highest BCUT2D eigenvalue weighted by Gasteiger charge is 2.29. The van der Waals surface area contributed by atoms with Crippen LogP contribution in [0.15, 0.2) is 65.3 Å². The van der Waals surface area contributed by atoms with Gasteiger partial charge in [0.1, 0.15) is 17.6 Å². The van der Waals surface area contributed by atoms with Crippen molar-refractivity contribution in [2.75, 3.05) is 23.3 Å². The first kappa shape index (κ1) is 20.0. The van der Waals surface area contributed by atoms with E-state index in [-0.39, 0.29) is 23.3 Å². The zero-order valence-electron chi connectivity index (χ0n) is 15.9.